The number of thiazole rings is 1. The number of nitrogens with zero attached hydrogens (tertiary/aromatic N) is 2. The van der Waals surface area contributed by atoms with E-state index in [0.29, 0.717) is 12.3 Å². The van der Waals surface area contributed by atoms with Gasteiger partial charge in [0.05, 0.1) is 22.9 Å². The molecule has 132 valence electrons. The molecule has 2 heterocycles. The van der Waals surface area contributed by atoms with E-state index in [-0.39, 0.29) is 5.91 Å². The van der Waals surface area contributed by atoms with Gasteiger partial charge in [0.1, 0.15) is 0 Å². The zero-order chi connectivity index (χ0) is 17.1. The quantitative estimate of drug-likeness (QED) is 0.827. The summed E-state index contributed by atoms with van der Waals surface area (Å²) in [7, 11) is 0. The maximum atomic E-state index is 12.1. The molecule has 4 rings (SSSR count). The van der Waals surface area contributed by atoms with Gasteiger partial charge in [-0.25, -0.2) is 4.98 Å². The third-order valence-electron chi connectivity index (χ3n) is 5.25. The summed E-state index contributed by atoms with van der Waals surface area (Å²) in [6.45, 7) is 1.59. The Kier molecular flexibility index (Phi) is 5.02. The van der Waals surface area contributed by atoms with E-state index in [1.807, 2.05) is 40.6 Å². The molecule has 0 spiro atoms. The highest BCUT2D eigenvalue weighted by Crippen LogP contribution is 2.35. The van der Waals surface area contributed by atoms with Gasteiger partial charge in [0.2, 0.25) is 5.91 Å². The van der Waals surface area contributed by atoms with E-state index in [2.05, 4.69) is 16.4 Å². The number of para-hydroxylation sites is 2. The minimum absolute atomic E-state index is 0.228. The first-order valence-electron chi connectivity index (χ1n) is 9.39. The third kappa shape index (κ3) is 3.71. The summed E-state index contributed by atoms with van der Waals surface area (Å²) in [5.74, 6) is 0.897. The minimum atomic E-state index is 0.228. The first kappa shape index (κ1) is 16.6. The van der Waals surface area contributed by atoms with Crippen molar-refractivity contribution in [2.75, 3.05) is 16.8 Å². The van der Waals surface area contributed by atoms with Crippen molar-refractivity contribution in [1.29, 1.82) is 0 Å². The monoisotopic (exact) mass is 355 g/mol. The Bertz CT molecular complexity index is 736. The Labute approximate surface area is 153 Å². The molecule has 2 aliphatic rings. The van der Waals surface area contributed by atoms with Crippen LogP contribution >= 0.6 is 11.3 Å². The number of amides is 1. The van der Waals surface area contributed by atoms with Gasteiger partial charge in [-0.15, -0.1) is 11.3 Å². The Morgan fingerprint density at radius 3 is 2.80 bits per heavy atom. The van der Waals surface area contributed by atoms with Crippen LogP contribution < -0.4 is 10.2 Å². The van der Waals surface area contributed by atoms with E-state index >= 15 is 0 Å². The predicted octanol–water partition coefficient (Wildman–Crippen LogP) is 4.93. The molecule has 1 aromatic heterocycles. The van der Waals surface area contributed by atoms with Crippen molar-refractivity contribution in [2.45, 2.75) is 57.4 Å². The lowest BCUT2D eigenvalue weighted by Gasteiger charge is -2.20. The van der Waals surface area contributed by atoms with Crippen molar-refractivity contribution in [3.8, 4) is 0 Å². The third-order valence-corrected chi connectivity index (χ3v) is 6.41. The highest BCUT2D eigenvalue weighted by molar-refractivity contribution is 7.11. The minimum Gasteiger partial charge on any atom is -0.378 e. The maximum absolute atomic E-state index is 12.1. The zero-order valence-electron chi connectivity index (χ0n) is 14.5. The van der Waals surface area contributed by atoms with Crippen molar-refractivity contribution < 1.29 is 4.79 Å². The summed E-state index contributed by atoms with van der Waals surface area (Å²) in [6.07, 6.45) is 10.3. The standard InChI is InChI=1S/C20H25N3OS/c24-19-11-6-12-23(19)18-10-5-4-9-17(18)21-13-16-14-22-20(25-16)15-7-2-1-3-8-15/h4-5,9-10,14-15,21H,1-3,6-8,11-13H2. The van der Waals surface area contributed by atoms with Gasteiger partial charge in [-0.1, -0.05) is 31.4 Å². The molecule has 1 saturated carbocycles. The van der Waals surface area contributed by atoms with Crippen molar-refractivity contribution in [3.63, 3.8) is 0 Å². The molecular weight excluding hydrogens is 330 g/mol. The molecule has 0 atom stereocenters. The molecule has 0 radical (unpaired) electrons. The van der Waals surface area contributed by atoms with Crippen LogP contribution in [0, 0.1) is 0 Å². The van der Waals surface area contributed by atoms with Gasteiger partial charge in [0.25, 0.3) is 0 Å². The van der Waals surface area contributed by atoms with Crippen LogP contribution in [0.1, 0.15) is 60.7 Å². The molecular formula is C20H25N3OS. The van der Waals surface area contributed by atoms with Crippen LogP contribution in [-0.2, 0) is 11.3 Å². The van der Waals surface area contributed by atoms with E-state index in [9.17, 15) is 4.79 Å². The van der Waals surface area contributed by atoms with Gasteiger partial charge >= 0.3 is 0 Å². The number of aromatic nitrogens is 1. The van der Waals surface area contributed by atoms with Crippen molar-refractivity contribution in [3.05, 3.63) is 40.3 Å². The topological polar surface area (TPSA) is 45.2 Å². The van der Waals surface area contributed by atoms with E-state index in [0.717, 1.165) is 30.9 Å². The van der Waals surface area contributed by atoms with E-state index in [1.54, 1.807) is 0 Å². The average molecular weight is 356 g/mol. The number of carbonyl (C=O) groups excluding carboxylic acids is 1. The van der Waals surface area contributed by atoms with Crippen LogP contribution in [0.25, 0.3) is 0 Å². The number of hydrogen-bond acceptors (Lipinski definition) is 4. The number of carbonyl (C=O) groups is 1. The lowest BCUT2D eigenvalue weighted by atomic mass is 9.90. The SMILES string of the molecule is O=C1CCCN1c1ccccc1NCc1cnc(C2CCCCC2)s1. The fourth-order valence-corrected chi connectivity index (χ4v) is 4.91. The first-order valence-corrected chi connectivity index (χ1v) is 10.2. The fourth-order valence-electron chi connectivity index (χ4n) is 3.89. The predicted molar refractivity (Wildman–Crippen MR) is 103 cm³/mol. The molecule has 1 amide bonds. The Morgan fingerprint density at radius 2 is 2.00 bits per heavy atom. The molecule has 1 aliphatic heterocycles. The second kappa shape index (κ2) is 7.56. The zero-order valence-corrected chi connectivity index (χ0v) is 15.4. The van der Waals surface area contributed by atoms with E-state index < -0.39 is 0 Å². The molecule has 1 aliphatic carbocycles. The lowest BCUT2D eigenvalue weighted by Crippen LogP contribution is -2.24. The molecule has 1 saturated heterocycles. The highest BCUT2D eigenvalue weighted by Gasteiger charge is 2.23. The van der Waals surface area contributed by atoms with Crippen LogP contribution in [0.15, 0.2) is 30.5 Å². The number of nitrogens with one attached hydrogen (secondary N) is 1. The molecule has 2 fully saturated rings. The number of benzene rings is 1. The Morgan fingerprint density at radius 1 is 1.16 bits per heavy atom. The number of anilines is 2. The largest absolute Gasteiger partial charge is 0.378 e. The van der Waals surface area contributed by atoms with Gasteiger partial charge in [-0.2, -0.15) is 0 Å². The van der Waals surface area contributed by atoms with Gasteiger partial charge in [0, 0.05) is 30.0 Å². The molecule has 1 N–H and O–H groups in total. The molecule has 5 heteroatoms. The van der Waals surface area contributed by atoms with Crippen molar-refractivity contribution >= 4 is 28.6 Å². The molecule has 2 aromatic rings. The van der Waals surface area contributed by atoms with E-state index in [4.69, 9.17) is 0 Å². The van der Waals surface area contributed by atoms with Gasteiger partial charge < -0.3 is 10.2 Å². The second-order valence-electron chi connectivity index (χ2n) is 7.02. The first-order chi connectivity index (χ1) is 12.3. The molecule has 25 heavy (non-hydrogen) atoms. The van der Waals surface area contributed by atoms with Crippen LogP contribution in [0.3, 0.4) is 0 Å². The lowest BCUT2D eigenvalue weighted by molar-refractivity contribution is -0.117. The number of hydrogen-bond donors (Lipinski definition) is 1. The van der Waals surface area contributed by atoms with Gasteiger partial charge in [-0.3, -0.25) is 4.79 Å². The summed E-state index contributed by atoms with van der Waals surface area (Å²) < 4.78 is 0. The van der Waals surface area contributed by atoms with Crippen LogP contribution in [0.4, 0.5) is 11.4 Å². The average Bonchev–Trinajstić information content (AvgIpc) is 3.30. The fraction of sp³-hybridized carbons (Fsp3) is 0.500. The van der Waals surface area contributed by atoms with Gasteiger partial charge in [0.15, 0.2) is 0 Å². The second-order valence-corrected chi connectivity index (χ2v) is 8.17. The summed E-state index contributed by atoms with van der Waals surface area (Å²) >= 11 is 1.84. The Hall–Kier alpha value is -1.88. The van der Waals surface area contributed by atoms with Crippen LogP contribution in [-0.4, -0.2) is 17.4 Å². The van der Waals surface area contributed by atoms with Crippen molar-refractivity contribution in [2.24, 2.45) is 0 Å². The molecule has 4 nitrogen and oxygen atoms in total. The molecule has 0 bridgehead atoms. The summed E-state index contributed by atoms with van der Waals surface area (Å²) in [6, 6.07) is 8.11. The van der Waals surface area contributed by atoms with Crippen LogP contribution in [0.2, 0.25) is 0 Å². The summed E-state index contributed by atoms with van der Waals surface area (Å²) in [4.78, 5) is 19.9. The summed E-state index contributed by atoms with van der Waals surface area (Å²) in [5, 5.41) is 4.82. The number of rotatable bonds is 5. The van der Waals surface area contributed by atoms with Gasteiger partial charge in [-0.05, 0) is 31.4 Å². The van der Waals surface area contributed by atoms with E-state index in [1.165, 1.54) is 42.0 Å². The van der Waals surface area contributed by atoms with Crippen LogP contribution in [0.5, 0.6) is 0 Å². The molecule has 1 aromatic carbocycles. The Balaban J connectivity index is 1.43. The highest BCUT2D eigenvalue weighted by atomic mass is 32.1. The maximum Gasteiger partial charge on any atom is 0.227 e. The smallest absolute Gasteiger partial charge is 0.227 e. The van der Waals surface area contributed by atoms with Crippen molar-refractivity contribution in [1.82, 2.24) is 4.98 Å². The summed E-state index contributed by atoms with van der Waals surface area (Å²) in [5.41, 5.74) is 2.03. The normalized spacial score (nSPS) is 18.7. The molecule has 0 unspecified atom stereocenters.